The van der Waals surface area contributed by atoms with Crippen LogP contribution in [0.1, 0.15) is 76.0 Å². The molecule has 0 radical (unpaired) electrons. The number of carbonyl (C=O) groups is 1. The molecule has 1 N–H and O–H groups in total. The van der Waals surface area contributed by atoms with Gasteiger partial charge < -0.3 is 0 Å². The molecule has 0 spiro atoms. The molecule has 0 aliphatic carbocycles. The second kappa shape index (κ2) is 12.6. The van der Waals surface area contributed by atoms with Gasteiger partial charge in [-0.1, -0.05) is 64.4 Å². The normalized spacial score (nSPS) is 11.1. The van der Waals surface area contributed by atoms with Crippen LogP contribution in [0.2, 0.25) is 0 Å². The fourth-order valence-corrected chi connectivity index (χ4v) is 2.77. The zero-order valence-corrected chi connectivity index (χ0v) is 14.0. The predicted molar refractivity (Wildman–Crippen MR) is 91.9 cm³/mol. The number of thiophene rings is 1. The maximum atomic E-state index is 11.6. The van der Waals surface area contributed by atoms with Crippen molar-refractivity contribution in [2.75, 3.05) is 0 Å². The Morgan fingerprint density at radius 3 is 2.43 bits per heavy atom. The third-order valence-corrected chi connectivity index (χ3v) is 4.24. The van der Waals surface area contributed by atoms with Crippen molar-refractivity contribution in [3.8, 4) is 0 Å². The van der Waals surface area contributed by atoms with Gasteiger partial charge in [0.05, 0.1) is 6.21 Å². The number of hydrazone groups is 1. The summed E-state index contributed by atoms with van der Waals surface area (Å²) in [6.45, 7) is 2.25. The molecule has 0 unspecified atom stereocenters. The topological polar surface area (TPSA) is 41.5 Å². The Bertz CT molecular complexity index is 388. The Morgan fingerprint density at radius 2 is 1.81 bits per heavy atom. The molecule has 1 rings (SSSR count). The molecule has 0 atom stereocenters. The molecule has 1 heterocycles. The van der Waals surface area contributed by atoms with E-state index in [1.165, 1.54) is 44.9 Å². The smallest absolute Gasteiger partial charge is 0.240 e. The molecule has 0 bridgehead atoms. The zero-order chi connectivity index (χ0) is 15.2. The number of nitrogens with zero attached hydrogens (tertiary/aromatic N) is 1. The first-order valence-corrected chi connectivity index (χ1v) is 9.06. The molecule has 0 aliphatic rings. The molecule has 0 saturated carbocycles. The van der Waals surface area contributed by atoms with Crippen LogP contribution in [0.3, 0.4) is 0 Å². The SMILES string of the molecule is CCCCCCCCCCCC(=O)NN=Cc1cccs1. The maximum absolute atomic E-state index is 11.6. The quantitative estimate of drug-likeness (QED) is 0.325. The van der Waals surface area contributed by atoms with Gasteiger partial charge in [0.1, 0.15) is 0 Å². The Balaban J connectivity index is 1.89. The lowest BCUT2D eigenvalue weighted by Crippen LogP contribution is -2.16. The predicted octanol–water partition coefficient (Wildman–Crippen LogP) is 5.12. The number of amides is 1. The summed E-state index contributed by atoms with van der Waals surface area (Å²) >= 11 is 1.61. The van der Waals surface area contributed by atoms with Gasteiger partial charge in [0.15, 0.2) is 0 Å². The van der Waals surface area contributed by atoms with E-state index in [0.29, 0.717) is 6.42 Å². The Hall–Kier alpha value is -1.16. The first kappa shape index (κ1) is 17.9. The Labute approximate surface area is 132 Å². The lowest BCUT2D eigenvalue weighted by molar-refractivity contribution is -0.121. The van der Waals surface area contributed by atoms with Crippen molar-refractivity contribution in [3.05, 3.63) is 22.4 Å². The molecule has 21 heavy (non-hydrogen) atoms. The van der Waals surface area contributed by atoms with Crippen LogP contribution in [0.5, 0.6) is 0 Å². The van der Waals surface area contributed by atoms with Crippen molar-refractivity contribution in [1.29, 1.82) is 0 Å². The van der Waals surface area contributed by atoms with E-state index < -0.39 is 0 Å². The summed E-state index contributed by atoms with van der Waals surface area (Å²) in [5, 5.41) is 5.95. The molecule has 118 valence electrons. The van der Waals surface area contributed by atoms with Crippen molar-refractivity contribution in [1.82, 2.24) is 5.43 Å². The molecular formula is C17H28N2OS. The molecule has 4 heteroatoms. The van der Waals surface area contributed by atoms with Crippen molar-refractivity contribution < 1.29 is 4.79 Å². The summed E-state index contributed by atoms with van der Waals surface area (Å²) in [6, 6.07) is 3.94. The first-order valence-electron chi connectivity index (χ1n) is 8.18. The van der Waals surface area contributed by atoms with Crippen LogP contribution in [0.15, 0.2) is 22.6 Å². The van der Waals surface area contributed by atoms with Crippen molar-refractivity contribution in [2.45, 2.75) is 71.1 Å². The summed E-state index contributed by atoms with van der Waals surface area (Å²) in [7, 11) is 0. The van der Waals surface area contributed by atoms with E-state index in [4.69, 9.17) is 0 Å². The highest BCUT2D eigenvalue weighted by Gasteiger charge is 1.99. The van der Waals surface area contributed by atoms with Gasteiger partial charge in [-0.3, -0.25) is 4.79 Å². The number of nitrogens with one attached hydrogen (secondary N) is 1. The van der Waals surface area contributed by atoms with Gasteiger partial charge in [0, 0.05) is 11.3 Å². The molecule has 0 saturated heterocycles. The lowest BCUT2D eigenvalue weighted by Gasteiger charge is -2.02. The van der Waals surface area contributed by atoms with E-state index in [2.05, 4.69) is 17.5 Å². The van der Waals surface area contributed by atoms with Crippen LogP contribution in [-0.4, -0.2) is 12.1 Å². The van der Waals surface area contributed by atoms with Crippen molar-refractivity contribution in [3.63, 3.8) is 0 Å². The minimum absolute atomic E-state index is 0.0192. The van der Waals surface area contributed by atoms with Gasteiger partial charge in [-0.15, -0.1) is 11.3 Å². The molecule has 1 aromatic heterocycles. The molecule has 3 nitrogen and oxygen atoms in total. The second-order valence-corrected chi connectivity index (χ2v) is 6.37. The van der Waals surface area contributed by atoms with Crippen LogP contribution in [0.4, 0.5) is 0 Å². The molecular weight excluding hydrogens is 280 g/mol. The summed E-state index contributed by atoms with van der Waals surface area (Å²) in [6.07, 6.45) is 13.7. The van der Waals surface area contributed by atoms with Gasteiger partial charge in [0.25, 0.3) is 0 Å². The highest BCUT2D eigenvalue weighted by atomic mass is 32.1. The average Bonchev–Trinajstić information content (AvgIpc) is 2.99. The summed E-state index contributed by atoms with van der Waals surface area (Å²) in [5.74, 6) is 0.0192. The first-order chi connectivity index (χ1) is 10.3. The summed E-state index contributed by atoms with van der Waals surface area (Å²) < 4.78 is 0. The zero-order valence-electron chi connectivity index (χ0n) is 13.1. The Kier molecular flexibility index (Phi) is 10.7. The molecule has 0 aliphatic heterocycles. The number of rotatable bonds is 12. The van der Waals surface area contributed by atoms with E-state index in [0.717, 1.165) is 17.7 Å². The largest absolute Gasteiger partial charge is 0.273 e. The van der Waals surface area contributed by atoms with Gasteiger partial charge in [-0.2, -0.15) is 5.10 Å². The van der Waals surface area contributed by atoms with E-state index >= 15 is 0 Å². The monoisotopic (exact) mass is 308 g/mol. The fourth-order valence-electron chi connectivity index (χ4n) is 2.18. The average molecular weight is 308 g/mol. The van der Waals surface area contributed by atoms with E-state index in [1.54, 1.807) is 17.6 Å². The van der Waals surface area contributed by atoms with Gasteiger partial charge in [-0.25, -0.2) is 5.43 Å². The van der Waals surface area contributed by atoms with E-state index in [-0.39, 0.29) is 5.91 Å². The number of carbonyl (C=O) groups excluding carboxylic acids is 1. The van der Waals surface area contributed by atoms with Crippen LogP contribution < -0.4 is 5.43 Å². The molecule has 1 aromatic rings. The minimum atomic E-state index is 0.0192. The maximum Gasteiger partial charge on any atom is 0.240 e. The van der Waals surface area contributed by atoms with Crippen LogP contribution in [0.25, 0.3) is 0 Å². The molecule has 1 amide bonds. The lowest BCUT2D eigenvalue weighted by atomic mass is 10.1. The number of hydrogen-bond donors (Lipinski definition) is 1. The number of unbranched alkanes of at least 4 members (excludes halogenated alkanes) is 8. The number of hydrogen-bond acceptors (Lipinski definition) is 3. The Morgan fingerprint density at radius 1 is 1.14 bits per heavy atom. The summed E-state index contributed by atoms with van der Waals surface area (Å²) in [4.78, 5) is 12.6. The highest BCUT2D eigenvalue weighted by Crippen LogP contribution is 2.10. The van der Waals surface area contributed by atoms with Gasteiger partial charge in [0.2, 0.25) is 5.91 Å². The fraction of sp³-hybridized carbons (Fsp3) is 0.647. The summed E-state index contributed by atoms with van der Waals surface area (Å²) in [5.41, 5.74) is 2.58. The molecule has 0 fully saturated rings. The van der Waals surface area contributed by atoms with Crippen LogP contribution in [0, 0.1) is 0 Å². The van der Waals surface area contributed by atoms with E-state index in [9.17, 15) is 4.79 Å². The molecule has 0 aromatic carbocycles. The van der Waals surface area contributed by atoms with Crippen molar-refractivity contribution in [2.24, 2.45) is 5.10 Å². The highest BCUT2D eigenvalue weighted by molar-refractivity contribution is 7.11. The third-order valence-electron chi connectivity index (χ3n) is 3.43. The minimum Gasteiger partial charge on any atom is -0.273 e. The van der Waals surface area contributed by atoms with Gasteiger partial charge >= 0.3 is 0 Å². The van der Waals surface area contributed by atoms with Crippen molar-refractivity contribution >= 4 is 23.5 Å². The van der Waals surface area contributed by atoms with Crippen LogP contribution in [-0.2, 0) is 4.79 Å². The second-order valence-electron chi connectivity index (χ2n) is 5.39. The standard InChI is InChI=1S/C17H28N2OS/c1-2-3-4-5-6-7-8-9-10-13-17(20)19-18-15-16-12-11-14-21-16/h11-12,14-15H,2-10,13H2,1H3,(H,19,20). The van der Waals surface area contributed by atoms with Gasteiger partial charge in [-0.05, 0) is 17.9 Å². The van der Waals surface area contributed by atoms with E-state index in [1.807, 2.05) is 17.5 Å². The van der Waals surface area contributed by atoms with Crippen LogP contribution >= 0.6 is 11.3 Å². The third kappa shape index (κ3) is 10.2.